The molecule has 1 aromatic carbocycles. The fraction of sp³-hybridized carbons (Fsp3) is 0.421. The summed E-state index contributed by atoms with van der Waals surface area (Å²) < 4.78 is 0. The van der Waals surface area contributed by atoms with Crippen LogP contribution in [0.4, 0.5) is 5.95 Å². The Morgan fingerprint density at radius 3 is 2.79 bits per heavy atom. The summed E-state index contributed by atoms with van der Waals surface area (Å²) in [6.45, 7) is 6.31. The Bertz CT molecular complexity index is 702. The lowest BCUT2D eigenvalue weighted by Crippen LogP contribution is -2.28. The maximum atomic E-state index is 12.2. The van der Waals surface area contributed by atoms with Gasteiger partial charge in [0.15, 0.2) is 0 Å². The molecule has 1 N–H and O–H groups in total. The third-order valence-electron chi connectivity index (χ3n) is 4.58. The normalized spacial score (nSPS) is 17.3. The van der Waals surface area contributed by atoms with Crippen molar-refractivity contribution in [1.29, 1.82) is 0 Å². The second kappa shape index (κ2) is 7.43. The number of benzene rings is 1. The van der Waals surface area contributed by atoms with Crippen molar-refractivity contribution in [2.24, 2.45) is 5.92 Å². The zero-order chi connectivity index (χ0) is 16.9. The Labute approximate surface area is 143 Å². The number of amides is 1. The van der Waals surface area contributed by atoms with Crippen LogP contribution in [0.15, 0.2) is 36.5 Å². The first-order valence-corrected chi connectivity index (χ1v) is 8.47. The molecule has 0 bridgehead atoms. The summed E-state index contributed by atoms with van der Waals surface area (Å²) in [6.07, 6.45) is 3.34. The van der Waals surface area contributed by atoms with E-state index in [1.807, 2.05) is 43.1 Å². The Morgan fingerprint density at radius 2 is 2.04 bits per heavy atom. The summed E-state index contributed by atoms with van der Waals surface area (Å²) in [7, 11) is 0. The highest BCUT2D eigenvalue weighted by Gasteiger charge is 2.29. The third-order valence-corrected chi connectivity index (χ3v) is 4.58. The zero-order valence-corrected chi connectivity index (χ0v) is 14.3. The van der Waals surface area contributed by atoms with Crippen molar-refractivity contribution in [3.8, 4) is 0 Å². The van der Waals surface area contributed by atoms with Gasteiger partial charge in [-0.25, -0.2) is 9.97 Å². The molecular weight excluding hydrogens is 300 g/mol. The van der Waals surface area contributed by atoms with Gasteiger partial charge in [0, 0.05) is 43.9 Å². The van der Waals surface area contributed by atoms with E-state index in [9.17, 15) is 4.79 Å². The summed E-state index contributed by atoms with van der Waals surface area (Å²) >= 11 is 0. The van der Waals surface area contributed by atoms with Gasteiger partial charge in [-0.3, -0.25) is 4.79 Å². The van der Waals surface area contributed by atoms with Crippen LogP contribution in [0.1, 0.15) is 23.2 Å². The first-order valence-electron chi connectivity index (χ1n) is 8.47. The molecule has 1 atom stereocenters. The minimum Gasteiger partial charge on any atom is -0.354 e. The molecule has 1 aliphatic heterocycles. The van der Waals surface area contributed by atoms with Crippen LogP contribution >= 0.6 is 0 Å². The number of hydrogen-bond acceptors (Lipinski definition) is 4. The fourth-order valence-corrected chi connectivity index (χ4v) is 2.96. The van der Waals surface area contributed by atoms with Gasteiger partial charge >= 0.3 is 0 Å². The summed E-state index contributed by atoms with van der Waals surface area (Å²) in [5, 5.41) is 3.27. The van der Waals surface area contributed by atoms with Crippen molar-refractivity contribution in [2.75, 3.05) is 25.0 Å². The molecule has 1 unspecified atom stereocenters. The lowest BCUT2D eigenvalue weighted by atomic mass is 10.1. The Balaban J connectivity index is 1.48. The number of rotatable bonds is 6. The number of aryl methyl sites for hydroxylation is 2. The largest absolute Gasteiger partial charge is 0.354 e. The molecule has 1 aliphatic rings. The number of carbonyl (C=O) groups excluding carboxylic acids is 1. The standard InChI is InChI=1S/C19H24N4O/c1-14-11-20-19(22-15(14)2)21-12-17-10-18(24)23(13-17)9-8-16-6-4-3-5-7-16/h3-7,11,17H,8-10,12-13H2,1-2H3,(H,20,21,22). The number of carbonyl (C=O) groups is 1. The molecule has 1 saturated heterocycles. The van der Waals surface area contributed by atoms with E-state index in [1.165, 1.54) is 5.56 Å². The highest BCUT2D eigenvalue weighted by Crippen LogP contribution is 2.19. The molecular formula is C19H24N4O. The van der Waals surface area contributed by atoms with E-state index >= 15 is 0 Å². The average Bonchev–Trinajstić information content (AvgIpc) is 2.95. The SMILES string of the molecule is Cc1cnc(NCC2CC(=O)N(CCc3ccccc3)C2)nc1C. The van der Waals surface area contributed by atoms with Crippen molar-refractivity contribution in [3.05, 3.63) is 53.3 Å². The quantitative estimate of drug-likeness (QED) is 0.887. The maximum Gasteiger partial charge on any atom is 0.223 e. The Hall–Kier alpha value is -2.43. The summed E-state index contributed by atoms with van der Waals surface area (Å²) in [5.74, 6) is 1.21. The van der Waals surface area contributed by atoms with E-state index < -0.39 is 0 Å². The molecule has 3 rings (SSSR count). The van der Waals surface area contributed by atoms with Crippen molar-refractivity contribution in [1.82, 2.24) is 14.9 Å². The predicted molar refractivity (Wildman–Crippen MR) is 94.8 cm³/mol. The van der Waals surface area contributed by atoms with Gasteiger partial charge in [-0.05, 0) is 31.4 Å². The first kappa shape index (κ1) is 16.4. The number of nitrogens with zero attached hydrogens (tertiary/aromatic N) is 3. The number of likely N-dealkylation sites (tertiary alicyclic amines) is 1. The second-order valence-corrected chi connectivity index (χ2v) is 6.49. The predicted octanol–water partition coefficient (Wildman–Crippen LogP) is 2.60. The van der Waals surface area contributed by atoms with Crippen LogP contribution in [0.5, 0.6) is 0 Å². The smallest absolute Gasteiger partial charge is 0.223 e. The number of hydrogen-bond donors (Lipinski definition) is 1. The molecule has 0 saturated carbocycles. The lowest BCUT2D eigenvalue weighted by Gasteiger charge is -2.17. The van der Waals surface area contributed by atoms with Gasteiger partial charge in [0.1, 0.15) is 0 Å². The molecule has 1 fully saturated rings. The highest BCUT2D eigenvalue weighted by molar-refractivity contribution is 5.78. The van der Waals surface area contributed by atoms with Gasteiger partial charge in [0.2, 0.25) is 11.9 Å². The minimum atomic E-state index is 0.249. The molecule has 5 nitrogen and oxygen atoms in total. The van der Waals surface area contributed by atoms with E-state index in [0.717, 1.165) is 37.3 Å². The lowest BCUT2D eigenvalue weighted by molar-refractivity contribution is -0.127. The van der Waals surface area contributed by atoms with Gasteiger partial charge in [-0.1, -0.05) is 30.3 Å². The van der Waals surface area contributed by atoms with Gasteiger partial charge in [0.25, 0.3) is 0 Å². The van der Waals surface area contributed by atoms with Gasteiger partial charge in [0.05, 0.1) is 0 Å². The van der Waals surface area contributed by atoms with Gasteiger partial charge < -0.3 is 10.2 Å². The summed E-state index contributed by atoms with van der Waals surface area (Å²) in [5.41, 5.74) is 3.35. The maximum absolute atomic E-state index is 12.2. The molecule has 126 valence electrons. The van der Waals surface area contributed by atoms with Crippen molar-refractivity contribution in [3.63, 3.8) is 0 Å². The monoisotopic (exact) mass is 324 g/mol. The molecule has 0 spiro atoms. The van der Waals surface area contributed by atoms with Crippen LogP contribution in [0.3, 0.4) is 0 Å². The number of anilines is 1. The minimum absolute atomic E-state index is 0.249. The van der Waals surface area contributed by atoms with E-state index in [2.05, 4.69) is 27.4 Å². The Morgan fingerprint density at radius 1 is 1.25 bits per heavy atom. The van der Waals surface area contributed by atoms with E-state index in [4.69, 9.17) is 0 Å². The number of aromatic nitrogens is 2. The van der Waals surface area contributed by atoms with Crippen molar-refractivity contribution >= 4 is 11.9 Å². The topological polar surface area (TPSA) is 58.1 Å². The molecule has 1 amide bonds. The van der Waals surface area contributed by atoms with Gasteiger partial charge in [-0.2, -0.15) is 0 Å². The van der Waals surface area contributed by atoms with Crippen LogP contribution in [0.25, 0.3) is 0 Å². The highest BCUT2D eigenvalue weighted by atomic mass is 16.2. The van der Waals surface area contributed by atoms with Gasteiger partial charge in [-0.15, -0.1) is 0 Å². The molecule has 5 heteroatoms. The van der Waals surface area contributed by atoms with E-state index in [1.54, 1.807) is 0 Å². The molecule has 2 heterocycles. The van der Waals surface area contributed by atoms with Crippen LogP contribution in [-0.2, 0) is 11.2 Å². The third kappa shape index (κ3) is 4.10. The van der Waals surface area contributed by atoms with E-state index in [-0.39, 0.29) is 5.91 Å². The summed E-state index contributed by atoms with van der Waals surface area (Å²) in [6, 6.07) is 10.3. The molecule has 24 heavy (non-hydrogen) atoms. The molecule has 0 radical (unpaired) electrons. The second-order valence-electron chi connectivity index (χ2n) is 6.49. The van der Waals surface area contributed by atoms with Crippen LogP contribution in [-0.4, -0.2) is 40.4 Å². The van der Waals surface area contributed by atoms with Crippen LogP contribution in [0, 0.1) is 19.8 Å². The summed E-state index contributed by atoms with van der Waals surface area (Å²) in [4.78, 5) is 22.9. The zero-order valence-electron chi connectivity index (χ0n) is 14.3. The molecule has 2 aromatic rings. The fourth-order valence-electron chi connectivity index (χ4n) is 2.96. The van der Waals surface area contributed by atoms with Crippen LogP contribution < -0.4 is 5.32 Å². The van der Waals surface area contributed by atoms with Crippen LogP contribution in [0.2, 0.25) is 0 Å². The van der Waals surface area contributed by atoms with E-state index in [0.29, 0.717) is 18.3 Å². The van der Waals surface area contributed by atoms with Crippen molar-refractivity contribution < 1.29 is 4.79 Å². The first-order chi connectivity index (χ1) is 11.6. The van der Waals surface area contributed by atoms with Crippen molar-refractivity contribution in [2.45, 2.75) is 26.7 Å². The molecule has 0 aliphatic carbocycles. The average molecular weight is 324 g/mol. The number of nitrogens with one attached hydrogen (secondary N) is 1. The Kier molecular flexibility index (Phi) is 5.08. The molecule has 1 aromatic heterocycles.